The van der Waals surface area contributed by atoms with Crippen molar-refractivity contribution in [3.63, 3.8) is 0 Å². The fraction of sp³-hybridized carbons (Fsp3) is 0.278. The van der Waals surface area contributed by atoms with E-state index in [0.717, 1.165) is 17.0 Å². The molecule has 1 aromatic heterocycles. The van der Waals surface area contributed by atoms with Crippen LogP contribution in [0.3, 0.4) is 0 Å². The summed E-state index contributed by atoms with van der Waals surface area (Å²) in [6.07, 6.45) is -0.378. The molecule has 0 saturated carbocycles. The van der Waals surface area contributed by atoms with Crippen LogP contribution in [0.15, 0.2) is 54.2 Å². The second kappa shape index (κ2) is 6.44. The summed E-state index contributed by atoms with van der Waals surface area (Å²) in [5, 5.41) is 3.78. The largest absolute Gasteiger partial charge is 0.416 e. The average Bonchev–Trinajstić information content (AvgIpc) is 3.26. The number of hydrogen-bond acceptors (Lipinski definition) is 4. The first-order valence-corrected chi connectivity index (χ1v) is 9.02. The number of fused-ring (bicyclic) bond motifs is 1. The summed E-state index contributed by atoms with van der Waals surface area (Å²) in [7, 11) is 0. The van der Waals surface area contributed by atoms with E-state index in [-0.39, 0.29) is 24.5 Å². The Morgan fingerprint density at radius 1 is 1.19 bits per heavy atom. The second-order valence-corrected chi connectivity index (χ2v) is 7.30. The van der Waals surface area contributed by atoms with Gasteiger partial charge in [-0.2, -0.15) is 13.2 Å². The maximum atomic E-state index is 12.9. The number of nitrogens with zero attached hydrogens (tertiary/aromatic N) is 2. The van der Waals surface area contributed by atoms with E-state index < -0.39 is 11.7 Å². The quantitative estimate of drug-likeness (QED) is 0.879. The van der Waals surface area contributed by atoms with Gasteiger partial charge in [-0.15, -0.1) is 11.3 Å². The number of amides is 1. The van der Waals surface area contributed by atoms with Gasteiger partial charge in [0.25, 0.3) is 5.91 Å². The molecule has 4 nitrogen and oxygen atoms in total. The van der Waals surface area contributed by atoms with E-state index in [0.29, 0.717) is 12.0 Å². The van der Waals surface area contributed by atoms with Gasteiger partial charge in [-0.05, 0) is 29.1 Å². The van der Waals surface area contributed by atoms with Gasteiger partial charge in [0, 0.05) is 23.7 Å². The summed E-state index contributed by atoms with van der Waals surface area (Å²) in [6.45, 7) is 0.118. The molecule has 0 aliphatic carbocycles. The van der Waals surface area contributed by atoms with Crippen molar-refractivity contribution in [2.24, 2.45) is 0 Å². The molecule has 4 rings (SSSR count). The lowest BCUT2D eigenvalue weighted by Gasteiger charge is -2.31. The number of nitrogens with one attached hydrogen (secondary N) is 1. The first kappa shape index (κ1) is 17.1. The van der Waals surface area contributed by atoms with Crippen LogP contribution in [0.4, 0.5) is 13.2 Å². The molecule has 0 radical (unpaired) electrons. The third-order valence-corrected chi connectivity index (χ3v) is 5.55. The number of halogens is 3. The molecule has 1 saturated heterocycles. The van der Waals surface area contributed by atoms with Crippen molar-refractivity contribution in [3.8, 4) is 0 Å². The lowest BCUT2D eigenvalue weighted by Crippen LogP contribution is -2.47. The second-order valence-electron chi connectivity index (χ2n) is 6.32. The molecule has 8 heteroatoms. The Kier molecular flexibility index (Phi) is 4.24. The summed E-state index contributed by atoms with van der Waals surface area (Å²) in [6, 6.07) is 8.81. The number of benzene rings is 1. The number of hydrogen-bond donors (Lipinski definition) is 1. The number of carbonyl (C=O) groups excluding carboxylic acids is 1. The zero-order valence-corrected chi connectivity index (χ0v) is 14.4. The maximum Gasteiger partial charge on any atom is 0.416 e. The van der Waals surface area contributed by atoms with Gasteiger partial charge < -0.3 is 9.91 Å². The topological polar surface area (TPSA) is 35.6 Å². The third-order valence-electron chi connectivity index (χ3n) is 4.57. The van der Waals surface area contributed by atoms with Gasteiger partial charge >= 0.3 is 6.18 Å². The SMILES string of the molecule is O=C1C2CC(c3cccs3)NN2C=CN1Cc1cccc(C(F)(F)F)c1. The van der Waals surface area contributed by atoms with E-state index in [1.807, 2.05) is 17.5 Å². The van der Waals surface area contributed by atoms with Gasteiger partial charge in [0.2, 0.25) is 0 Å². The van der Waals surface area contributed by atoms with Crippen LogP contribution in [0.1, 0.15) is 28.5 Å². The molecule has 1 amide bonds. The van der Waals surface area contributed by atoms with Gasteiger partial charge in [-0.1, -0.05) is 18.2 Å². The highest BCUT2D eigenvalue weighted by molar-refractivity contribution is 7.10. The van der Waals surface area contributed by atoms with E-state index in [9.17, 15) is 18.0 Å². The molecule has 0 bridgehead atoms. The molecule has 2 aliphatic heterocycles. The van der Waals surface area contributed by atoms with Crippen LogP contribution in [-0.2, 0) is 17.5 Å². The smallest absolute Gasteiger partial charge is 0.311 e. The highest BCUT2D eigenvalue weighted by atomic mass is 32.1. The number of rotatable bonds is 3. The first-order chi connectivity index (χ1) is 12.4. The standard InChI is InChI=1S/C18H16F3N3OS/c19-18(20,21)13-4-1-3-12(9-13)11-23-6-7-24-15(17(23)25)10-14(22-24)16-5-2-8-26-16/h1-9,14-15,22H,10-11H2. The van der Waals surface area contributed by atoms with Crippen molar-refractivity contribution < 1.29 is 18.0 Å². The highest BCUT2D eigenvalue weighted by Crippen LogP contribution is 2.34. The van der Waals surface area contributed by atoms with Crippen LogP contribution in [0, 0.1) is 0 Å². The van der Waals surface area contributed by atoms with Crippen molar-refractivity contribution in [2.45, 2.75) is 31.2 Å². The molecule has 136 valence electrons. The molecule has 2 unspecified atom stereocenters. The molecular formula is C18H16F3N3OS. The zero-order chi connectivity index (χ0) is 18.3. The lowest BCUT2D eigenvalue weighted by atomic mass is 10.1. The van der Waals surface area contributed by atoms with Gasteiger partial charge in [-0.3, -0.25) is 4.79 Å². The molecule has 3 heterocycles. The zero-order valence-electron chi connectivity index (χ0n) is 13.6. The summed E-state index contributed by atoms with van der Waals surface area (Å²) in [4.78, 5) is 15.4. The van der Waals surface area contributed by atoms with E-state index >= 15 is 0 Å². The number of alkyl halides is 3. The van der Waals surface area contributed by atoms with Crippen LogP contribution in [0.25, 0.3) is 0 Å². The minimum atomic E-state index is -4.39. The molecule has 2 aromatic rings. The van der Waals surface area contributed by atoms with Crippen molar-refractivity contribution in [1.29, 1.82) is 0 Å². The Morgan fingerprint density at radius 2 is 2.04 bits per heavy atom. The van der Waals surface area contributed by atoms with Gasteiger partial charge in [0.15, 0.2) is 0 Å². The fourth-order valence-electron chi connectivity index (χ4n) is 3.29. The fourth-order valence-corrected chi connectivity index (χ4v) is 4.07. The Labute approximate surface area is 152 Å². The molecule has 1 aromatic carbocycles. The minimum absolute atomic E-state index is 0.0714. The molecule has 2 aliphatic rings. The molecular weight excluding hydrogens is 363 g/mol. The maximum absolute atomic E-state index is 12.9. The van der Waals surface area contributed by atoms with Crippen molar-refractivity contribution in [1.82, 2.24) is 15.3 Å². The van der Waals surface area contributed by atoms with E-state index in [2.05, 4.69) is 5.43 Å². The Balaban J connectivity index is 1.49. The van der Waals surface area contributed by atoms with E-state index in [1.54, 1.807) is 34.8 Å². The number of carbonyl (C=O) groups is 1. The Hall–Kier alpha value is -2.32. The van der Waals surface area contributed by atoms with Crippen LogP contribution in [-0.4, -0.2) is 21.9 Å². The molecule has 1 fully saturated rings. The summed E-state index contributed by atoms with van der Waals surface area (Å²) in [5.41, 5.74) is 3.05. The summed E-state index contributed by atoms with van der Waals surface area (Å²) in [5.74, 6) is -0.114. The van der Waals surface area contributed by atoms with Crippen LogP contribution in [0.5, 0.6) is 0 Å². The van der Waals surface area contributed by atoms with Crippen molar-refractivity contribution in [2.75, 3.05) is 0 Å². The van der Waals surface area contributed by atoms with Crippen LogP contribution < -0.4 is 5.43 Å². The summed E-state index contributed by atoms with van der Waals surface area (Å²) >= 11 is 1.63. The van der Waals surface area contributed by atoms with Gasteiger partial charge in [-0.25, -0.2) is 5.43 Å². The van der Waals surface area contributed by atoms with E-state index in [1.165, 1.54) is 11.0 Å². The molecule has 26 heavy (non-hydrogen) atoms. The predicted octanol–water partition coefficient (Wildman–Crippen LogP) is 3.90. The Morgan fingerprint density at radius 3 is 2.77 bits per heavy atom. The average molecular weight is 379 g/mol. The third kappa shape index (κ3) is 3.22. The predicted molar refractivity (Wildman–Crippen MR) is 91.6 cm³/mol. The normalized spacial score (nSPS) is 22.8. The van der Waals surface area contributed by atoms with Gasteiger partial charge in [0.1, 0.15) is 6.04 Å². The number of thiophene rings is 1. The Bertz CT molecular complexity index is 834. The lowest BCUT2D eigenvalue weighted by molar-refractivity contribution is -0.137. The minimum Gasteiger partial charge on any atom is -0.311 e. The monoisotopic (exact) mass is 379 g/mol. The number of hydrazine groups is 1. The molecule has 1 N–H and O–H groups in total. The first-order valence-electron chi connectivity index (χ1n) is 8.15. The van der Waals surface area contributed by atoms with Crippen molar-refractivity contribution >= 4 is 17.2 Å². The highest BCUT2D eigenvalue weighted by Gasteiger charge is 2.40. The molecule has 2 atom stereocenters. The van der Waals surface area contributed by atoms with Crippen molar-refractivity contribution in [3.05, 3.63) is 70.2 Å². The van der Waals surface area contributed by atoms with Crippen LogP contribution in [0.2, 0.25) is 0 Å². The summed E-state index contributed by atoms with van der Waals surface area (Å²) < 4.78 is 38.6. The molecule has 0 spiro atoms. The van der Waals surface area contributed by atoms with Crippen LogP contribution >= 0.6 is 11.3 Å². The van der Waals surface area contributed by atoms with Gasteiger partial charge in [0.05, 0.1) is 18.2 Å². The van der Waals surface area contributed by atoms with E-state index in [4.69, 9.17) is 0 Å².